The van der Waals surface area contributed by atoms with Gasteiger partial charge in [-0.1, -0.05) is 54.1 Å². The average molecular weight is 569 g/mol. The number of hydrogen-bond donors (Lipinski definition) is 0. The third-order valence-corrected chi connectivity index (χ3v) is 7.57. The van der Waals surface area contributed by atoms with Crippen LogP contribution in [0.25, 0.3) is 11.0 Å². The molecule has 1 saturated heterocycles. The summed E-state index contributed by atoms with van der Waals surface area (Å²) in [5.41, 5.74) is 3.41. The number of benzene rings is 3. The lowest BCUT2D eigenvalue weighted by Gasteiger charge is -2.29. The minimum Gasteiger partial charge on any atom is -0.497 e. The van der Waals surface area contributed by atoms with E-state index in [-0.39, 0.29) is 49.4 Å². The molecule has 0 saturated carbocycles. The Balaban J connectivity index is 1.40. The molecule has 218 valence electrons. The molecule has 8 heteroatoms. The first-order chi connectivity index (χ1) is 20.4. The van der Waals surface area contributed by atoms with Crippen molar-refractivity contribution < 1.29 is 23.5 Å². The van der Waals surface area contributed by atoms with Gasteiger partial charge in [-0.15, -0.1) is 0 Å². The van der Waals surface area contributed by atoms with Crippen molar-refractivity contribution in [3.05, 3.63) is 112 Å². The van der Waals surface area contributed by atoms with Crippen molar-refractivity contribution >= 4 is 22.8 Å². The standard InChI is InChI=1S/C34H36N2O6/c1-24-10-15-31-30(17-24)34(39)27(23-42-31)20-35(19-26-7-4-3-5-8-26)33(38)22-36(21-29-9-6-16-41-29)32(37)18-25-11-13-28(40-2)14-12-25/h3-5,7-8,10-15,17,23,29H,6,9,16,18-22H2,1-2H3. The largest absolute Gasteiger partial charge is 0.497 e. The van der Waals surface area contributed by atoms with E-state index < -0.39 is 0 Å². The van der Waals surface area contributed by atoms with Crippen molar-refractivity contribution in [2.24, 2.45) is 0 Å². The molecule has 0 aliphatic carbocycles. The minimum atomic E-state index is -0.260. The van der Waals surface area contributed by atoms with E-state index in [2.05, 4.69) is 0 Å². The number of aryl methyl sites for hydroxylation is 1. The maximum Gasteiger partial charge on any atom is 0.242 e. The van der Waals surface area contributed by atoms with Crippen LogP contribution in [-0.4, -0.2) is 54.5 Å². The Labute approximate surface area is 245 Å². The molecule has 1 fully saturated rings. The molecule has 8 nitrogen and oxygen atoms in total. The third kappa shape index (κ3) is 7.25. The van der Waals surface area contributed by atoms with Crippen LogP contribution in [0.2, 0.25) is 0 Å². The van der Waals surface area contributed by atoms with Crippen molar-refractivity contribution in [2.75, 3.05) is 26.8 Å². The highest BCUT2D eigenvalue weighted by molar-refractivity contribution is 5.86. The fourth-order valence-electron chi connectivity index (χ4n) is 5.22. The summed E-state index contributed by atoms with van der Waals surface area (Å²) in [4.78, 5) is 44.1. The first kappa shape index (κ1) is 29.1. The van der Waals surface area contributed by atoms with Crippen molar-refractivity contribution in [3.63, 3.8) is 0 Å². The molecule has 0 spiro atoms. The predicted molar refractivity (Wildman–Crippen MR) is 160 cm³/mol. The molecule has 1 atom stereocenters. The lowest BCUT2D eigenvalue weighted by Crippen LogP contribution is -2.46. The van der Waals surface area contributed by atoms with Crippen LogP contribution < -0.4 is 10.2 Å². The van der Waals surface area contributed by atoms with Gasteiger partial charge in [-0.3, -0.25) is 14.4 Å². The molecular weight excluding hydrogens is 532 g/mol. The van der Waals surface area contributed by atoms with Gasteiger partial charge in [-0.25, -0.2) is 0 Å². The van der Waals surface area contributed by atoms with Gasteiger partial charge >= 0.3 is 0 Å². The van der Waals surface area contributed by atoms with Gasteiger partial charge in [0.2, 0.25) is 11.8 Å². The molecule has 4 aromatic rings. The Hall–Kier alpha value is -4.43. The molecule has 1 aliphatic rings. The molecule has 0 N–H and O–H groups in total. The molecule has 5 rings (SSSR count). The lowest BCUT2D eigenvalue weighted by molar-refractivity contribution is -0.142. The Bertz CT molecular complexity index is 1580. The first-order valence-corrected chi connectivity index (χ1v) is 14.2. The maximum atomic E-state index is 13.9. The van der Waals surface area contributed by atoms with Crippen molar-refractivity contribution in [3.8, 4) is 5.75 Å². The van der Waals surface area contributed by atoms with Crippen molar-refractivity contribution in [2.45, 2.75) is 45.4 Å². The maximum absolute atomic E-state index is 13.9. The van der Waals surface area contributed by atoms with E-state index in [9.17, 15) is 14.4 Å². The fraction of sp³-hybridized carbons (Fsp3) is 0.324. The zero-order chi connectivity index (χ0) is 29.5. The van der Waals surface area contributed by atoms with Crippen LogP contribution in [-0.2, 0) is 33.8 Å². The quantitative estimate of drug-likeness (QED) is 0.256. The number of fused-ring (bicyclic) bond motifs is 1. The topological polar surface area (TPSA) is 89.3 Å². The molecule has 1 aromatic heterocycles. The first-order valence-electron chi connectivity index (χ1n) is 14.2. The Kier molecular flexibility index (Phi) is 9.34. The van der Waals surface area contributed by atoms with Gasteiger partial charge in [0.15, 0.2) is 5.43 Å². The zero-order valence-electron chi connectivity index (χ0n) is 24.1. The second kappa shape index (κ2) is 13.5. The molecule has 2 heterocycles. The molecule has 3 aromatic carbocycles. The molecule has 1 unspecified atom stereocenters. The van der Waals surface area contributed by atoms with Crippen molar-refractivity contribution in [1.82, 2.24) is 9.80 Å². The van der Waals surface area contributed by atoms with Crippen LogP contribution >= 0.6 is 0 Å². The van der Waals surface area contributed by atoms with E-state index in [0.717, 1.165) is 29.5 Å². The zero-order valence-corrected chi connectivity index (χ0v) is 24.1. The van der Waals surface area contributed by atoms with Gasteiger partial charge in [-0.05, 0) is 55.2 Å². The summed E-state index contributed by atoms with van der Waals surface area (Å²) >= 11 is 0. The lowest BCUT2D eigenvalue weighted by atomic mass is 10.1. The Morgan fingerprint density at radius 1 is 0.929 bits per heavy atom. The van der Waals surface area contributed by atoms with E-state index in [4.69, 9.17) is 13.9 Å². The van der Waals surface area contributed by atoms with Gasteiger partial charge in [0.05, 0.1) is 49.9 Å². The second-order valence-electron chi connectivity index (χ2n) is 10.8. The van der Waals surface area contributed by atoms with Crippen molar-refractivity contribution in [1.29, 1.82) is 0 Å². The molecule has 2 amide bonds. The SMILES string of the molecule is COc1ccc(CC(=O)N(CC(=O)N(Cc2ccccc2)Cc2coc3ccc(C)cc3c2=O)CC2CCCO2)cc1. The summed E-state index contributed by atoms with van der Waals surface area (Å²) in [6.07, 6.45) is 3.24. The van der Waals surface area contributed by atoms with Crippen LogP contribution in [0.15, 0.2) is 88.3 Å². The van der Waals surface area contributed by atoms with E-state index >= 15 is 0 Å². The number of rotatable bonds is 11. The van der Waals surface area contributed by atoms with E-state index in [1.54, 1.807) is 29.0 Å². The predicted octanol–water partition coefficient (Wildman–Crippen LogP) is 4.89. The van der Waals surface area contributed by atoms with E-state index in [0.29, 0.717) is 35.4 Å². The number of methoxy groups -OCH3 is 1. The smallest absolute Gasteiger partial charge is 0.242 e. The summed E-state index contributed by atoms with van der Waals surface area (Å²) < 4.78 is 16.8. The molecule has 0 bridgehead atoms. The monoisotopic (exact) mass is 568 g/mol. The summed E-state index contributed by atoms with van der Waals surface area (Å²) in [7, 11) is 1.60. The normalized spacial score (nSPS) is 14.6. The highest BCUT2D eigenvalue weighted by atomic mass is 16.5. The number of carbonyl (C=O) groups is 2. The van der Waals surface area contributed by atoms with Gasteiger partial charge < -0.3 is 23.7 Å². The van der Waals surface area contributed by atoms with Crippen LogP contribution in [0.1, 0.15) is 35.1 Å². The van der Waals surface area contributed by atoms with Crippen LogP contribution in [0.3, 0.4) is 0 Å². The van der Waals surface area contributed by atoms with Gasteiger partial charge in [0.25, 0.3) is 0 Å². The van der Waals surface area contributed by atoms with Gasteiger partial charge in [-0.2, -0.15) is 0 Å². The highest BCUT2D eigenvalue weighted by Gasteiger charge is 2.27. The molecular formula is C34H36N2O6. The average Bonchev–Trinajstić information content (AvgIpc) is 3.52. The van der Waals surface area contributed by atoms with Crippen LogP contribution in [0.4, 0.5) is 0 Å². The van der Waals surface area contributed by atoms with Crippen LogP contribution in [0, 0.1) is 6.92 Å². The molecule has 42 heavy (non-hydrogen) atoms. The Morgan fingerprint density at radius 2 is 1.71 bits per heavy atom. The number of hydrogen-bond acceptors (Lipinski definition) is 6. The van der Waals surface area contributed by atoms with Crippen LogP contribution in [0.5, 0.6) is 5.75 Å². The van der Waals surface area contributed by atoms with E-state index in [1.165, 1.54) is 6.26 Å². The molecule has 1 aliphatic heterocycles. The Morgan fingerprint density at radius 3 is 2.43 bits per heavy atom. The fourth-order valence-corrected chi connectivity index (χ4v) is 5.22. The second-order valence-corrected chi connectivity index (χ2v) is 10.8. The summed E-state index contributed by atoms with van der Waals surface area (Å²) in [6, 6.07) is 22.4. The molecule has 0 radical (unpaired) electrons. The van der Waals surface area contributed by atoms with Gasteiger partial charge in [0, 0.05) is 19.7 Å². The summed E-state index contributed by atoms with van der Waals surface area (Å²) in [6.45, 7) is 3.11. The minimum absolute atomic E-state index is 0.0559. The number of amides is 2. The summed E-state index contributed by atoms with van der Waals surface area (Å²) in [5.74, 6) is 0.288. The number of ether oxygens (including phenoxy) is 2. The third-order valence-electron chi connectivity index (χ3n) is 7.57. The number of carbonyl (C=O) groups excluding carboxylic acids is 2. The van der Waals surface area contributed by atoms with Gasteiger partial charge in [0.1, 0.15) is 11.3 Å². The highest BCUT2D eigenvalue weighted by Crippen LogP contribution is 2.18. The number of nitrogens with zero attached hydrogens (tertiary/aromatic N) is 2. The summed E-state index contributed by atoms with van der Waals surface area (Å²) in [5, 5.41) is 0.481. The van der Waals surface area contributed by atoms with E-state index in [1.807, 2.05) is 67.6 Å².